The molecule has 1 heterocycles. The van der Waals surface area contributed by atoms with Crippen LogP contribution in [0.2, 0.25) is 0 Å². The maximum atomic E-state index is 13.1. The zero-order chi connectivity index (χ0) is 15.5. The number of carbonyl (C=O) groups is 2. The highest BCUT2D eigenvalue weighted by Gasteiger charge is 2.38. The summed E-state index contributed by atoms with van der Waals surface area (Å²) in [6.07, 6.45) is 2.33. The molecule has 0 bridgehead atoms. The summed E-state index contributed by atoms with van der Waals surface area (Å²) >= 11 is 0. The van der Waals surface area contributed by atoms with Gasteiger partial charge in [-0.15, -0.1) is 0 Å². The Balaban J connectivity index is 1.99. The van der Waals surface area contributed by atoms with E-state index in [0.717, 1.165) is 0 Å². The van der Waals surface area contributed by atoms with Gasteiger partial charge in [0.05, 0.1) is 11.7 Å². The van der Waals surface area contributed by atoms with Crippen LogP contribution in [0, 0.1) is 5.92 Å². The Bertz CT molecular complexity index is 506. The molecule has 1 aromatic heterocycles. The molecule has 1 aromatic rings. The Hall–Kier alpha value is -1.79. The number of amides is 1. The largest absolute Gasteiger partial charge is 0.364 e. The Kier molecular flexibility index (Phi) is 4.69. The van der Waals surface area contributed by atoms with Gasteiger partial charge in [-0.05, 0) is 25.2 Å². The second-order valence-electron chi connectivity index (χ2n) is 5.36. The first-order valence-electron chi connectivity index (χ1n) is 7.04. The smallest absolute Gasteiger partial charge is 0.257 e. The van der Waals surface area contributed by atoms with Gasteiger partial charge in [0, 0.05) is 12.8 Å². The number of aryl methyl sites for hydroxylation is 1. The van der Waals surface area contributed by atoms with Crippen LogP contribution in [-0.2, 0) is 11.2 Å². The summed E-state index contributed by atoms with van der Waals surface area (Å²) in [7, 11) is 0. The number of halogens is 2. The lowest BCUT2D eigenvalue weighted by molar-refractivity contribution is -0.112. The predicted molar refractivity (Wildman–Crippen MR) is 70.1 cm³/mol. The molecule has 1 atom stereocenters. The number of carbonyl (C=O) groups excluding carboxylic acids is 2. The number of aromatic nitrogens is 1. The molecule has 0 radical (unpaired) electrons. The first kappa shape index (κ1) is 15.6. The standard InChI is InChI=1S/C14H18F2N2O3/c1-2-11-10(8-21-18-11)13(20)17-12(7-19)9-3-5-14(15,16)6-4-9/h7-9,12H,2-6H2,1H3,(H,17,20)/t12-/m1/s1. The third-order valence-electron chi connectivity index (χ3n) is 3.94. The lowest BCUT2D eigenvalue weighted by atomic mass is 9.82. The summed E-state index contributed by atoms with van der Waals surface area (Å²) in [5.41, 5.74) is 0.790. The topological polar surface area (TPSA) is 72.2 Å². The molecule has 1 aliphatic rings. The normalized spacial score (nSPS) is 20.0. The van der Waals surface area contributed by atoms with E-state index >= 15 is 0 Å². The molecule has 0 aliphatic heterocycles. The van der Waals surface area contributed by atoms with Crippen molar-refractivity contribution in [3.05, 3.63) is 17.5 Å². The van der Waals surface area contributed by atoms with Gasteiger partial charge in [-0.2, -0.15) is 0 Å². The van der Waals surface area contributed by atoms with E-state index in [2.05, 4.69) is 10.5 Å². The van der Waals surface area contributed by atoms with Gasteiger partial charge in [0.1, 0.15) is 18.1 Å². The average Bonchev–Trinajstić information content (AvgIpc) is 2.93. The number of alkyl halides is 2. The first-order valence-corrected chi connectivity index (χ1v) is 7.04. The first-order chi connectivity index (χ1) is 9.96. The van der Waals surface area contributed by atoms with Crippen LogP contribution in [0.1, 0.15) is 48.7 Å². The van der Waals surface area contributed by atoms with E-state index in [1.807, 2.05) is 6.92 Å². The van der Waals surface area contributed by atoms with Gasteiger partial charge in [0.25, 0.3) is 5.91 Å². The van der Waals surface area contributed by atoms with Gasteiger partial charge in [0.15, 0.2) is 0 Å². The van der Waals surface area contributed by atoms with Crippen molar-refractivity contribution < 1.29 is 22.9 Å². The Morgan fingerprint density at radius 1 is 1.57 bits per heavy atom. The zero-order valence-corrected chi connectivity index (χ0v) is 11.8. The predicted octanol–water partition coefficient (Wildman–Crippen LogP) is 2.36. The minimum Gasteiger partial charge on any atom is -0.364 e. The summed E-state index contributed by atoms with van der Waals surface area (Å²) in [5.74, 6) is -3.36. The third-order valence-corrected chi connectivity index (χ3v) is 3.94. The zero-order valence-electron chi connectivity index (χ0n) is 11.8. The van der Waals surface area contributed by atoms with Crippen molar-refractivity contribution in [1.29, 1.82) is 0 Å². The second-order valence-corrected chi connectivity index (χ2v) is 5.36. The van der Waals surface area contributed by atoms with Crippen LogP contribution in [0.4, 0.5) is 8.78 Å². The lowest BCUT2D eigenvalue weighted by Crippen LogP contribution is -2.44. The molecule has 21 heavy (non-hydrogen) atoms. The van der Waals surface area contributed by atoms with Crippen LogP contribution >= 0.6 is 0 Å². The average molecular weight is 300 g/mol. The number of hydrogen-bond acceptors (Lipinski definition) is 4. The van der Waals surface area contributed by atoms with E-state index in [0.29, 0.717) is 18.4 Å². The SMILES string of the molecule is CCc1nocc1C(=O)N[C@H](C=O)C1CCC(F)(F)CC1. The summed E-state index contributed by atoms with van der Waals surface area (Å²) in [4.78, 5) is 23.3. The molecule has 0 saturated heterocycles. The van der Waals surface area contributed by atoms with Gasteiger partial charge in [-0.3, -0.25) is 4.79 Å². The molecule has 0 unspecified atom stereocenters. The highest BCUT2D eigenvalue weighted by Crippen LogP contribution is 2.37. The molecule has 116 valence electrons. The monoisotopic (exact) mass is 300 g/mol. The molecule has 0 aromatic carbocycles. The van der Waals surface area contributed by atoms with Crippen LogP contribution in [0.25, 0.3) is 0 Å². The minimum atomic E-state index is -2.65. The number of aldehydes is 1. The maximum Gasteiger partial charge on any atom is 0.257 e. The Morgan fingerprint density at radius 2 is 2.24 bits per heavy atom. The molecule has 1 saturated carbocycles. The molecule has 1 amide bonds. The van der Waals surface area contributed by atoms with Gasteiger partial charge in [-0.25, -0.2) is 8.78 Å². The van der Waals surface area contributed by atoms with Crippen molar-refractivity contribution in [3.8, 4) is 0 Å². The second kappa shape index (κ2) is 6.32. The molecule has 1 aliphatic carbocycles. The van der Waals surface area contributed by atoms with E-state index in [4.69, 9.17) is 4.52 Å². The van der Waals surface area contributed by atoms with Crippen LogP contribution in [0.15, 0.2) is 10.8 Å². The summed E-state index contributed by atoms with van der Waals surface area (Å²) in [6, 6.07) is -0.756. The van der Waals surface area contributed by atoms with Crippen molar-refractivity contribution >= 4 is 12.2 Å². The molecule has 0 spiro atoms. The van der Waals surface area contributed by atoms with E-state index in [1.165, 1.54) is 6.26 Å². The van der Waals surface area contributed by atoms with Crippen LogP contribution in [0.3, 0.4) is 0 Å². The molecule has 7 heteroatoms. The fourth-order valence-electron chi connectivity index (χ4n) is 2.61. The van der Waals surface area contributed by atoms with E-state index < -0.39 is 17.9 Å². The summed E-state index contributed by atoms with van der Waals surface area (Å²) in [5, 5.41) is 6.29. The Labute approximate surface area is 121 Å². The third kappa shape index (κ3) is 3.65. The highest BCUT2D eigenvalue weighted by molar-refractivity contribution is 5.96. The fraction of sp³-hybridized carbons (Fsp3) is 0.643. The molecular formula is C14H18F2N2O3. The van der Waals surface area contributed by atoms with Crippen LogP contribution < -0.4 is 5.32 Å². The van der Waals surface area contributed by atoms with Gasteiger partial charge in [-0.1, -0.05) is 12.1 Å². The van der Waals surface area contributed by atoms with Gasteiger partial charge < -0.3 is 14.6 Å². The highest BCUT2D eigenvalue weighted by atomic mass is 19.3. The van der Waals surface area contributed by atoms with E-state index in [9.17, 15) is 18.4 Å². The van der Waals surface area contributed by atoms with Gasteiger partial charge in [0.2, 0.25) is 5.92 Å². The van der Waals surface area contributed by atoms with E-state index in [1.54, 1.807) is 0 Å². The van der Waals surface area contributed by atoms with Crippen molar-refractivity contribution in [2.24, 2.45) is 5.92 Å². The summed E-state index contributed by atoms with van der Waals surface area (Å²) < 4.78 is 31.0. The quantitative estimate of drug-likeness (QED) is 0.847. The van der Waals surface area contributed by atoms with Gasteiger partial charge >= 0.3 is 0 Å². The lowest BCUT2D eigenvalue weighted by Gasteiger charge is -2.31. The Morgan fingerprint density at radius 3 is 2.81 bits per heavy atom. The van der Waals surface area contributed by atoms with E-state index in [-0.39, 0.29) is 37.2 Å². The van der Waals surface area contributed by atoms with Crippen molar-refractivity contribution in [1.82, 2.24) is 10.5 Å². The number of hydrogen-bond donors (Lipinski definition) is 1. The molecule has 1 N–H and O–H groups in total. The summed E-state index contributed by atoms with van der Waals surface area (Å²) in [6.45, 7) is 1.83. The van der Waals surface area contributed by atoms with Crippen molar-refractivity contribution in [3.63, 3.8) is 0 Å². The molecule has 5 nitrogen and oxygen atoms in total. The molecule has 2 rings (SSSR count). The van der Waals surface area contributed by atoms with Crippen LogP contribution in [0.5, 0.6) is 0 Å². The fourth-order valence-corrected chi connectivity index (χ4v) is 2.61. The van der Waals surface area contributed by atoms with Crippen LogP contribution in [-0.4, -0.2) is 29.3 Å². The van der Waals surface area contributed by atoms with Crippen molar-refractivity contribution in [2.75, 3.05) is 0 Å². The number of nitrogens with zero attached hydrogens (tertiary/aromatic N) is 1. The molecule has 1 fully saturated rings. The number of rotatable bonds is 5. The minimum absolute atomic E-state index is 0.223. The molecular weight excluding hydrogens is 282 g/mol. The maximum absolute atomic E-state index is 13.1. The van der Waals surface area contributed by atoms with Crippen molar-refractivity contribution in [2.45, 2.75) is 51.0 Å². The number of nitrogens with one attached hydrogen (secondary N) is 1.